The van der Waals surface area contributed by atoms with Crippen LogP contribution in [0.4, 0.5) is 0 Å². The zero-order valence-electron chi connectivity index (χ0n) is 8.77. The van der Waals surface area contributed by atoms with E-state index in [0.29, 0.717) is 6.61 Å². The van der Waals surface area contributed by atoms with E-state index in [1.54, 1.807) is 6.20 Å². The predicted molar refractivity (Wildman–Crippen MR) is 67.6 cm³/mol. The van der Waals surface area contributed by atoms with Crippen molar-refractivity contribution in [2.24, 2.45) is 0 Å². The lowest BCUT2D eigenvalue weighted by molar-refractivity contribution is 0.320. The Hall–Kier alpha value is -1.35. The first kappa shape index (κ1) is 11.1. The van der Waals surface area contributed by atoms with Gasteiger partial charge in [-0.15, -0.1) is 0 Å². The highest BCUT2D eigenvalue weighted by atomic mass is 79.9. The van der Waals surface area contributed by atoms with Crippen LogP contribution in [0, 0.1) is 0 Å². The van der Waals surface area contributed by atoms with Crippen molar-refractivity contribution in [2.75, 3.05) is 6.61 Å². The molecule has 2 nitrogen and oxygen atoms in total. The second-order valence-corrected chi connectivity index (χ2v) is 4.29. The molecule has 0 atom stereocenters. The van der Waals surface area contributed by atoms with E-state index in [1.807, 2.05) is 42.5 Å². The van der Waals surface area contributed by atoms with Gasteiger partial charge in [-0.1, -0.05) is 28.1 Å². The maximum absolute atomic E-state index is 5.62. The molecule has 0 aliphatic heterocycles. The molecule has 3 heteroatoms. The SMILES string of the molecule is Brc1cccc(OCCc2ccccn2)c1. The van der Waals surface area contributed by atoms with E-state index in [2.05, 4.69) is 20.9 Å². The van der Waals surface area contributed by atoms with E-state index in [0.717, 1.165) is 22.3 Å². The lowest BCUT2D eigenvalue weighted by Gasteiger charge is -2.05. The second kappa shape index (κ2) is 5.66. The highest BCUT2D eigenvalue weighted by Gasteiger charge is 1.96. The molecule has 16 heavy (non-hydrogen) atoms. The van der Waals surface area contributed by atoms with Crippen LogP contribution in [0.25, 0.3) is 0 Å². The molecule has 1 aromatic heterocycles. The Labute approximate surface area is 103 Å². The van der Waals surface area contributed by atoms with Crippen molar-refractivity contribution >= 4 is 15.9 Å². The molecule has 2 aromatic rings. The molecule has 0 radical (unpaired) electrons. The number of nitrogens with zero attached hydrogens (tertiary/aromatic N) is 1. The minimum atomic E-state index is 0.646. The molecule has 0 saturated heterocycles. The minimum absolute atomic E-state index is 0.646. The van der Waals surface area contributed by atoms with E-state index >= 15 is 0 Å². The third-order valence-electron chi connectivity index (χ3n) is 2.15. The molecule has 2 rings (SSSR count). The molecular weight excluding hydrogens is 266 g/mol. The molecule has 0 saturated carbocycles. The average molecular weight is 278 g/mol. The van der Waals surface area contributed by atoms with E-state index in [4.69, 9.17) is 4.74 Å². The predicted octanol–water partition coefficient (Wildman–Crippen LogP) is 3.47. The van der Waals surface area contributed by atoms with Crippen LogP contribution in [-0.2, 0) is 6.42 Å². The van der Waals surface area contributed by atoms with Crippen LogP contribution in [0.5, 0.6) is 5.75 Å². The van der Waals surface area contributed by atoms with Gasteiger partial charge in [0.2, 0.25) is 0 Å². The van der Waals surface area contributed by atoms with E-state index in [9.17, 15) is 0 Å². The fourth-order valence-corrected chi connectivity index (χ4v) is 1.75. The molecular formula is C13H12BrNO. The summed E-state index contributed by atoms with van der Waals surface area (Å²) in [6.45, 7) is 0.646. The number of halogens is 1. The van der Waals surface area contributed by atoms with Crippen molar-refractivity contribution in [2.45, 2.75) is 6.42 Å². The van der Waals surface area contributed by atoms with Crippen LogP contribution >= 0.6 is 15.9 Å². The maximum atomic E-state index is 5.62. The van der Waals surface area contributed by atoms with Crippen molar-refractivity contribution in [3.63, 3.8) is 0 Å². The van der Waals surface area contributed by atoms with Gasteiger partial charge in [-0.25, -0.2) is 0 Å². The largest absolute Gasteiger partial charge is 0.493 e. The lowest BCUT2D eigenvalue weighted by atomic mass is 10.3. The Balaban J connectivity index is 1.85. The van der Waals surface area contributed by atoms with E-state index < -0.39 is 0 Å². The van der Waals surface area contributed by atoms with Crippen LogP contribution in [0.1, 0.15) is 5.69 Å². The summed E-state index contributed by atoms with van der Waals surface area (Å²) in [6, 6.07) is 13.7. The van der Waals surface area contributed by atoms with Gasteiger partial charge in [0.05, 0.1) is 6.61 Å². The Morgan fingerprint density at radius 1 is 1.12 bits per heavy atom. The summed E-state index contributed by atoms with van der Waals surface area (Å²) >= 11 is 3.41. The summed E-state index contributed by atoms with van der Waals surface area (Å²) < 4.78 is 6.65. The Kier molecular flexibility index (Phi) is 3.94. The smallest absolute Gasteiger partial charge is 0.120 e. The molecule has 0 unspecified atom stereocenters. The Bertz CT molecular complexity index is 445. The van der Waals surface area contributed by atoms with Crippen molar-refractivity contribution in [3.05, 3.63) is 58.8 Å². The van der Waals surface area contributed by atoms with Gasteiger partial charge in [0.15, 0.2) is 0 Å². The fraction of sp³-hybridized carbons (Fsp3) is 0.154. The second-order valence-electron chi connectivity index (χ2n) is 3.38. The third kappa shape index (κ3) is 3.35. The van der Waals surface area contributed by atoms with E-state index in [1.165, 1.54) is 0 Å². The van der Waals surface area contributed by atoms with Gasteiger partial charge in [0.25, 0.3) is 0 Å². The quantitative estimate of drug-likeness (QED) is 0.854. The zero-order chi connectivity index (χ0) is 11.2. The molecule has 0 spiro atoms. The zero-order valence-corrected chi connectivity index (χ0v) is 10.4. The molecule has 0 fully saturated rings. The summed E-state index contributed by atoms with van der Waals surface area (Å²) in [7, 11) is 0. The van der Waals surface area contributed by atoms with Crippen LogP contribution in [0.15, 0.2) is 53.1 Å². The van der Waals surface area contributed by atoms with Gasteiger partial charge >= 0.3 is 0 Å². The van der Waals surface area contributed by atoms with E-state index in [-0.39, 0.29) is 0 Å². The molecule has 1 heterocycles. The number of pyridine rings is 1. The standard InChI is InChI=1S/C13H12BrNO/c14-11-4-3-6-13(10-11)16-9-7-12-5-1-2-8-15-12/h1-6,8,10H,7,9H2. The van der Waals surface area contributed by atoms with Crippen molar-refractivity contribution in [3.8, 4) is 5.75 Å². The van der Waals surface area contributed by atoms with Crippen LogP contribution in [-0.4, -0.2) is 11.6 Å². The van der Waals surface area contributed by atoms with Crippen molar-refractivity contribution in [1.82, 2.24) is 4.98 Å². The lowest BCUT2D eigenvalue weighted by Crippen LogP contribution is -2.02. The molecule has 0 N–H and O–H groups in total. The molecule has 82 valence electrons. The van der Waals surface area contributed by atoms with Gasteiger partial charge in [-0.05, 0) is 30.3 Å². The summed E-state index contributed by atoms with van der Waals surface area (Å²) in [4.78, 5) is 4.24. The summed E-state index contributed by atoms with van der Waals surface area (Å²) in [6.07, 6.45) is 2.63. The van der Waals surface area contributed by atoms with Gasteiger partial charge in [0.1, 0.15) is 5.75 Å². The normalized spacial score (nSPS) is 10.1. The highest BCUT2D eigenvalue weighted by Crippen LogP contribution is 2.17. The summed E-state index contributed by atoms with van der Waals surface area (Å²) in [5.74, 6) is 0.880. The summed E-state index contributed by atoms with van der Waals surface area (Å²) in [5.41, 5.74) is 1.05. The molecule has 1 aromatic carbocycles. The number of hydrogen-bond acceptors (Lipinski definition) is 2. The molecule has 0 aliphatic carbocycles. The van der Waals surface area contributed by atoms with Gasteiger partial charge < -0.3 is 4.74 Å². The topological polar surface area (TPSA) is 22.1 Å². The number of aromatic nitrogens is 1. The monoisotopic (exact) mass is 277 g/mol. The minimum Gasteiger partial charge on any atom is -0.493 e. The van der Waals surface area contributed by atoms with Crippen LogP contribution in [0.2, 0.25) is 0 Å². The van der Waals surface area contributed by atoms with Crippen molar-refractivity contribution in [1.29, 1.82) is 0 Å². The van der Waals surface area contributed by atoms with Crippen molar-refractivity contribution < 1.29 is 4.74 Å². The Morgan fingerprint density at radius 3 is 2.81 bits per heavy atom. The van der Waals surface area contributed by atoms with Crippen LogP contribution in [0.3, 0.4) is 0 Å². The first-order valence-electron chi connectivity index (χ1n) is 5.13. The summed E-state index contributed by atoms with van der Waals surface area (Å²) in [5, 5.41) is 0. The first-order valence-corrected chi connectivity index (χ1v) is 5.92. The maximum Gasteiger partial charge on any atom is 0.120 e. The number of benzene rings is 1. The number of rotatable bonds is 4. The van der Waals surface area contributed by atoms with Gasteiger partial charge in [0, 0.05) is 22.8 Å². The van der Waals surface area contributed by atoms with Crippen LogP contribution < -0.4 is 4.74 Å². The average Bonchev–Trinajstić information content (AvgIpc) is 2.30. The van der Waals surface area contributed by atoms with Gasteiger partial charge in [-0.3, -0.25) is 4.98 Å². The number of ether oxygens (including phenoxy) is 1. The molecule has 0 amide bonds. The first-order chi connectivity index (χ1) is 7.84. The third-order valence-corrected chi connectivity index (χ3v) is 2.64. The molecule has 0 aliphatic rings. The fourth-order valence-electron chi connectivity index (χ4n) is 1.38. The Morgan fingerprint density at radius 2 is 2.06 bits per heavy atom. The highest BCUT2D eigenvalue weighted by molar-refractivity contribution is 9.10. The number of hydrogen-bond donors (Lipinski definition) is 0. The molecule has 0 bridgehead atoms. The van der Waals surface area contributed by atoms with Gasteiger partial charge in [-0.2, -0.15) is 0 Å².